The van der Waals surface area contributed by atoms with Crippen molar-refractivity contribution in [3.8, 4) is 0 Å². The molecule has 0 atom stereocenters. The lowest BCUT2D eigenvalue weighted by Crippen LogP contribution is -2.11. The molecule has 29 heavy (non-hydrogen) atoms. The molecule has 146 valence electrons. The smallest absolute Gasteiger partial charge is 0.255 e. The van der Waals surface area contributed by atoms with Crippen LogP contribution >= 0.6 is 0 Å². The van der Waals surface area contributed by atoms with Gasteiger partial charge in [0.1, 0.15) is 11.3 Å². The van der Waals surface area contributed by atoms with E-state index >= 15 is 0 Å². The number of amides is 1. The lowest BCUT2D eigenvalue weighted by atomic mass is 10.0. The fraction of sp³-hybridized carbons (Fsp3) is 0.167. The van der Waals surface area contributed by atoms with E-state index in [-0.39, 0.29) is 11.7 Å². The summed E-state index contributed by atoms with van der Waals surface area (Å²) in [6.45, 7) is 4.30. The third kappa shape index (κ3) is 4.35. The van der Waals surface area contributed by atoms with Gasteiger partial charge in [-0.1, -0.05) is 32.0 Å². The maximum absolute atomic E-state index is 13.0. The molecular weight excluding hydrogens is 367 g/mol. The van der Waals surface area contributed by atoms with Crippen molar-refractivity contribution in [2.75, 3.05) is 5.32 Å². The molecule has 0 unspecified atom stereocenters. The van der Waals surface area contributed by atoms with Crippen LogP contribution in [0, 0.1) is 5.82 Å². The molecule has 3 aromatic carbocycles. The van der Waals surface area contributed by atoms with Gasteiger partial charge in [0, 0.05) is 17.7 Å². The van der Waals surface area contributed by atoms with E-state index in [1.54, 1.807) is 0 Å². The Kier molecular flexibility index (Phi) is 5.12. The molecule has 0 saturated heterocycles. The van der Waals surface area contributed by atoms with Crippen LogP contribution in [0.1, 0.15) is 47.1 Å². The number of hydrogen-bond donors (Lipinski definition) is 1. The Morgan fingerprint density at radius 3 is 2.45 bits per heavy atom. The first-order valence-corrected chi connectivity index (χ1v) is 9.53. The van der Waals surface area contributed by atoms with Crippen LogP contribution in [0.3, 0.4) is 0 Å². The summed E-state index contributed by atoms with van der Waals surface area (Å²) >= 11 is 0. The summed E-state index contributed by atoms with van der Waals surface area (Å²) in [5.41, 5.74) is 4.99. The second kappa shape index (κ2) is 7.87. The zero-order chi connectivity index (χ0) is 20.4. The molecule has 4 nitrogen and oxygen atoms in total. The van der Waals surface area contributed by atoms with Gasteiger partial charge in [-0.25, -0.2) is 9.37 Å². The molecule has 4 rings (SSSR count). The number of anilines is 1. The summed E-state index contributed by atoms with van der Waals surface area (Å²) in [5.74, 6) is 0.449. The number of carbonyl (C=O) groups excluding carboxylic acids is 1. The minimum Gasteiger partial charge on any atom is -0.440 e. The molecule has 0 saturated carbocycles. The predicted molar refractivity (Wildman–Crippen MR) is 112 cm³/mol. The fourth-order valence-corrected chi connectivity index (χ4v) is 3.11. The number of hydrogen-bond acceptors (Lipinski definition) is 3. The predicted octanol–water partition coefficient (Wildman–Crippen LogP) is 5.93. The van der Waals surface area contributed by atoms with Crippen molar-refractivity contribution in [2.24, 2.45) is 0 Å². The van der Waals surface area contributed by atoms with E-state index in [2.05, 4.69) is 36.3 Å². The lowest BCUT2D eigenvalue weighted by Gasteiger charge is -2.06. The van der Waals surface area contributed by atoms with Crippen molar-refractivity contribution < 1.29 is 13.6 Å². The standard InChI is InChI=1S/C24H21FN2O2/c1-15(2)18-7-12-22-21(14-18)27-23(29-22)13-16-3-10-20(11-4-16)26-24(28)17-5-8-19(25)9-6-17/h3-12,14-15H,13H2,1-2H3,(H,26,28). The summed E-state index contributed by atoms with van der Waals surface area (Å²) in [5, 5.41) is 2.81. The highest BCUT2D eigenvalue weighted by atomic mass is 19.1. The normalized spacial score (nSPS) is 11.2. The van der Waals surface area contributed by atoms with Gasteiger partial charge >= 0.3 is 0 Å². The van der Waals surface area contributed by atoms with Crippen LogP contribution in [0.25, 0.3) is 11.1 Å². The molecule has 0 aliphatic rings. The van der Waals surface area contributed by atoms with Crippen LogP contribution in [0.15, 0.2) is 71.1 Å². The van der Waals surface area contributed by atoms with E-state index in [0.717, 1.165) is 16.7 Å². The molecule has 1 aromatic heterocycles. The first-order chi connectivity index (χ1) is 14.0. The topological polar surface area (TPSA) is 55.1 Å². The maximum Gasteiger partial charge on any atom is 0.255 e. The number of carbonyl (C=O) groups is 1. The van der Waals surface area contributed by atoms with Crippen molar-refractivity contribution in [3.63, 3.8) is 0 Å². The quantitative estimate of drug-likeness (QED) is 0.461. The molecule has 1 heterocycles. The summed E-state index contributed by atoms with van der Waals surface area (Å²) in [6, 6.07) is 19.1. The largest absolute Gasteiger partial charge is 0.440 e. The van der Waals surface area contributed by atoms with Gasteiger partial charge in [-0.2, -0.15) is 0 Å². The van der Waals surface area contributed by atoms with E-state index in [4.69, 9.17) is 4.42 Å². The van der Waals surface area contributed by atoms with Gasteiger partial charge in [0.25, 0.3) is 5.91 Å². The molecular formula is C24H21FN2O2. The summed E-state index contributed by atoms with van der Waals surface area (Å²) in [6.07, 6.45) is 0.567. The number of rotatable bonds is 5. The molecule has 1 N–H and O–H groups in total. The van der Waals surface area contributed by atoms with E-state index < -0.39 is 0 Å². The maximum atomic E-state index is 13.0. The number of oxazole rings is 1. The van der Waals surface area contributed by atoms with Crippen LogP contribution in [0.5, 0.6) is 0 Å². The minimum absolute atomic E-state index is 0.280. The molecule has 0 bridgehead atoms. The second-order valence-electron chi connectivity index (χ2n) is 7.32. The van der Waals surface area contributed by atoms with Crippen molar-refractivity contribution >= 4 is 22.7 Å². The first-order valence-electron chi connectivity index (χ1n) is 9.53. The molecule has 0 spiro atoms. The Balaban J connectivity index is 1.44. The van der Waals surface area contributed by atoms with Gasteiger partial charge in [-0.3, -0.25) is 4.79 Å². The minimum atomic E-state index is -0.370. The van der Waals surface area contributed by atoms with Gasteiger partial charge < -0.3 is 9.73 Å². The Morgan fingerprint density at radius 2 is 1.76 bits per heavy atom. The molecule has 0 fully saturated rings. The highest BCUT2D eigenvalue weighted by molar-refractivity contribution is 6.04. The zero-order valence-corrected chi connectivity index (χ0v) is 16.3. The summed E-state index contributed by atoms with van der Waals surface area (Å²) in [7, 11) is 0. The number of halogens is 1. The van der Waals surface area contributed by atoms with Gasteiger partial charge in [0.15, 0.2) is 11.5 Å². The lowest BCUT2D eigenvalue weighted by molar-refractivity contribution is 0.102. The number of benzene rings is 3. The summed E-state index contributed by atoms with van der Waals surface area (Å²) in [4.78, 5) is 16.8. The van der Waals surface area contributed by atoms with Crippen LogP contribution in [0.4, 0.5) is 10.1 Å². The highest BCUT2D eigenvalue weighted by Gasteiger charge is 2.10. The van der Waals surface area contributed by atoms with Gasteiger partial charge in [-0.15, -0.1) is 0 Å². The summed E-state index contributed by atoms with van der Waals surface area (Å²) < 4.78 is 18.8. The van der Waals surface area contributed by atoms with E-state index in [1.807, 2.05) is 30.3 Å². The van der Waals surface area contributed by atoms with E-state index in [1.165, 1.54) is 29.8 Å². The number of nitrogens with one attached hydrogen (secondary N) is 1. The van der Waals surface area contributed by atoms with Crippen LogP contribution in [-0.2, 0) is 6.42 Å². The molecule has 4 aromatic rings. The van der Waals surface area contributed by atoms with E-state index in [9.17, 15) is 9.18 Å². The van der Waals surface area contributed by atoms with Crippen molar-refractivity contribution in [1.29, 1.82) is 0 Å². The number of nitrogens with zero attached hydrogens (tertiary/aromatic N) is 1. The fourth-order valence-electron chi connectivity index (χ4n) is 3.11. The average molecular weight is 388 g/mol. The Hall–Kier alpha value is -3.47. The monoisotopic (exact) mass is 388 g/mol. The SMILES string of the molecule is CC(C)c1ccc2oc(Cc3ccc(NC(=O)c4ccc(F)cc4)cc3)nc2c1. The van der Waals surface area contributed by atoms with Gasteiger partial charge in [0.2, 0.25) is 0 Å². The molecule has 0 aliphatic heterocycles. The molecule has 0 aliphatic carbocycles. The average Bonchev–Trinajstić information content (AvgIpc) is 3.11. The van der Waals surface area contributed by atoms with Crippen LogP contribution in [-0.4, -0.2) is 10.9 Å². The molecule has 5 heteroatoms. The highest BCUT2D eigenvalue weighted by Crippen LogP contribution is 2.23. The van der Waals surface area contributed by atoms with E-state index in [0.29, 0.717) is 29.5 Å². The first kappa shape index (κ1) is 18.9. The number of fused-ring (bicyclic) bond motifs is 1. The Labute approximate surface area is 168 Å². The van der Waals surface area contributed by atoms with Crippen LogP contribution in [0.2, 0.25) is 0 Å². The van der Waals surface area contributed by atoms with Gasteiger partial charge in [0.05, 0.1) is 0 Å². The van der Waals surface area contributed by atoms with Crippen LogP contribution < -0.4 is 5.32 Å². The van der Waals surface area contributed by atoms with Gasteiger partial charge in [-0.05, 0) is 65.6 Å². The van der Waals surface area contributed by atoms with Crippen molar-refractivity contribution in [2.45, 2.75) is 26.2 Å². The van der Waals surface area contributed by atoms with Crippen molar-refractivity contribution in [1.82, 2.24) is 4.98 Å². The third-order valence-corrected chi connectivity index (χ3v) is 4.80. The zero-order valence-electron chi connectivity index (χ0n) is 16.3. The third-order valence-electron chi connectivity index (χ3n) is 4.80. The Bertz CT molecular complexity index is 1150. The number of aromatic nitrogens is 1. The molecule has 1 amide bonds. The van der Waals surface area contributed by atoms with Crippen molar-refractivity contribution in [3.05, 3.63) is 95.1 Å². The second-order valence-corrected chi connectivity index (χ2v) is 7.32. The Morgan fingerprint density at radius 1 is 1.03 bits per heavy atom. The molecule has 0 radical (unpaired) electrons.